The third-order valence-electron chi connectivity index (χ3n) is 5.50. The lowest BCUT2D eigenvalue weighted by atomic mass is 10.1. The first-order valence-electron chi connectivity index (χ1n) is 10.5. The van der Waals surface area contributed by atoms with Crippen LogP contribution in [0.5, 0.6) is 0 Å². The molecule has 0 unspecified atom stereocenters. The van der Waals surface area contributed by atoms with Gasteiger partial charge in [0.2, 0.25) is 5.91 Å². The molecular formula is C23H32N4O. The van der Waals surface area contributed by atoms with Gasteiger partial charge in [-0.3, -0.25) is 4.79 Å². The number of amides is 1. The van der Waals surface area contributed by atoms with Gasteiger partial charge in [0.25, 0.3) is 0 Å². The quantitative estimate of drug-likeness (QED) is 0.755. The Hall–Kier alpha value is -2.43. The van der Waals surface area contributed by atoms with Gasteiger partial charge in [0.05, 0.1) is 0 Å². The van der Waals surface area contributed by atoms with E-state index in [9.17, 15) is 4.79 Å². The molecule has 3 rings (SSSR count). The topological polar surface area (TPSA) is 49.3 Å². The van der Waals surface area contributed by atoms with Crippen LogP contribution in [0.4, 0.5) is 5.82 Å². The SMILES string of the molecule is CCCCC(=O)N1CCN(c2nc(-c3cccc(C)c3)nc(C)c2CC)CC1. The summed E-state index contributed by atoms with van der Waals surface area (Å²) in [5.41, 5.74) is 4.52. The summed E-state index contributed by atoms with van der Waals surface area (Å²) in [5.74, 6) is 2.11. The van der Waals surface area contributed by atoms with Crippen molar-refractivity contribution in [1.82, 2.24) is 14.9 Å². The van der Waals surface area contributed by atoms with E-state index in [1.807, 2.05) is 4.90 Å². The number of hydrogen-bond acceptors (Lipinski definition) is 4. The molecule has 1 amide bonds. The summed E-state index contributed by atoms with van der Waals surface area (Å²) in [4.78, 5) is 26.4. The lowest BCUT2D eigenvalue weighted by molar-refractivity contribution is -0.131. The highest BCUT2D eigenvalue weighted by atomic mass is 16.2. The van der Waals surface area contributed by atoms with Crippen LogP contribution < -0.4 is 4.90 Å². The number of aryl methyl sites for hydroxylation is 2. The molecule has 1 aromatic carbocycles. The molecule has 0 atom stereocenters. The maximum Gasteiger partial charge on any atom is 0.222 e. The number of carbonyl (C=O) groups excluding carboxylic acids is 1. The normalized spacial score (nSPS) is 14.4. The van der Waals surface area contributed by atoms with Crippen LogP contribution in [-0.2, 0) is 11.2 Å². The summed E-state index contributed by atoms with van der Waals surface area (Å²) in [5, 5.41) is 0. The van der Waals surface area contributed by atoms with Gasteiger partial charge in [-0.05, 0) is 32.8 Å². The molecule has 0 radical (unpaired) electrons. The van der Waals surface area contributed by atoms with E-state index < -0.39 is 0 Å². The molecular weight excluding hydrogens is 348 g/mol. The molecule has 1 aliphatic heterocycles. The van der Waals surface area contributed by atoms with Crippen molar-refractivity contribution >= 4 is 11.7 Å². The van der Waals surface area contributed by atoms with Crippen LogP contribution in [0.3, 0.4) is 0 Å². The molecule has 0 spiro atoms. The maximum atomic E-state index is 12.3. The zero-order chi connectivity index (χ0) is 20.1. The van der Waals surface area contributed by atoms with Crippen LogP contribution >= 0.6 is 0 Å². The first-order chi connectivity index (χ1) is 13.5. The Kier molecular flexibility index (Phi) is 6.65. The second-order valence-corrected chi connectivity index (χ2v) is 7.63. The predicted octanol–water partition coefficient (Wildman–Crippen LogP) is 4.16. The van der Waals surface area contributed by atoms with Gasteiger partial charge in [0.15, 0.2) is 5.82 Å². The van der Waals surface area contributed by atoms with Crippen LogP contribution in [0.15, 0.2) is 24.3 Å². The number of hydrogen-bond donors (Lipinski definition) is 0. The zero-order valence-corrected chi connectivity index (χ0v) is 17.7. The van der Waals surface area contributed by atoms with E-state index in [0.29, 0.717) is 6.42 Å². The first-order valence-corrected chi connectivity index (χ1v) is 10.5. The smallest absolute Gasteiger partial charge is 0.222 e. The first kappa shape index (κ1) is 20.3. The number of carbonyl (C=O) groups is 1. The second kappa shape index (κ2) is 9.18. The molecule has 28 heavy (non-hydrogen) atoms. The molecule has 5 heteroatoms. The minimum atomic E-state index is 0.288. The fraction of sp³-hybridized carbons (Fsp3) is 0.522. The van der Waals surface area contributed by atoms with E-state index in [-0.39, 0.29) is 5.91 Å². The Bertz CT molecular complexity index is 825. The standard InChI is InChI=1S/C23H32N4O/c1-5-7-11-21(28)26-12-14-27(15-13-26)23-20(6-2)18(4)24-22(25-23)19-10-8-9-17(3)16-19/h8-10,16H,5-7,11-15H2,1-4H3. The zero-order valence-electron chi connectivity index (χ0n) is 17.7. The lowest BCUT2D eigenvalue weighted by Crippen LogP contribution is -2.49. The Morgan fingerprint density at radius 1 is 1.07 bits per heavy atom. The average molecular weight is 381 g/mol. The Labute approximate surface area is 168 Å². The molecule has 2 aromatic rings. The van der Waals surface area contributed by atoms with Gasteiger partial charge in [0, 0.05) is 49.4 Å². The molecule has 0 N–H and O–H groups in total. The van der Waals surface area contributed by atoms with Gasteiger partial charge in [-0.25, -0.2) is 9.97 Å². The van der Waals surface area contributed by atoms with Crippen LogP contribution in [0.1, 0.15) is 49.9 Å². The summed E-state index contributed by atoms with van der Waals surface area (Å²) in [6.45, 7) is 11.7. The number of unbranched alkanes of at least 4 members (excludes halogenated alkanes) is 1. The highest BCUT2D eigenvalue weighted by Gasteiger charge is 2.24. The monoisotopic (exact) mass is 380 g/mol. The summed E-state index contributed by atoms with van der Waals surface area (Å²) in [6, 6.07) is 8.35. The fourth-order valence-corrected chi connectivity index (χ4v) is 3.82. The Morgan fingerprint density at radius 3 is 2.46 bits per heavy atom. The molecule has 2 heterocycles. The highest BCUT2D eigenvalue weighted by Crippen LogP contribution is 2.27. The Balaban J connectivity index is 1.82. The van der Waals surface area contributed by atoms with Crippen LogP contribution in [0.2, 0.25) is 0 Å². The summed E-state index contributed by atoms with van der Waals surface area (Å²) in [6.07, 6.45) is 3.61. The second-order valence-electron chi connectivity index (χ2n) is 7.63. The number of anilines is 1. The summed E-state index contributed by atoms with van der Waals surface area (Å²) >= 11 is 0. The van der Waals surface area contributed by atoms with Crippen molar-refractivity contribution in [2.45, 2.75) is 53.4 Å². The minimum absolute atomic E-state index is 0.288. The molecule has 150 valence electrons. The lowest BCUT2D eigenvalue weighted by Gasteiger charge is -2.36. The van der Waals surface area contributed by atoms with Crippen molar-refractivity contribution in [2.75, 3.05) is 31.1 Å². The number of aromatic nitrogens is 2. The van der Waals surface area contributed by atoms with Crippen LogP contribution in [0, 0.1) is 13.8 Å². The van der Waals surface area contributed by atoms with Crippen molar-refractivity contribution in [1.29, 1.82) is 0 Å². The molecule has 1 saturated heterocycles. The molecule has 0 saturated carbocycles. The average Bonchev–Trinajstić information content (AvgIpc) is 2.71. The number of nitrogens with zero attached hydrogens (tertiary/aromatic N) is 4. The van der Waals surface area contributed by atoms with Crippen molar-refractivity contribution in [3.05, 3.63) is 41.1 Å². The minimum Gasteiger partial charge on any atom is -0.353 e. The molecule has 1 aromatic heterocycles. The van der Waals surface area contributed by atoms with Gasteiger partial charge in [-0.15, -0.1) is 0 Å². The molecule has 0 aliphatic carbocycles. The van der Waals surface area contributed by atoms with E-state index >= 15 is 0 Å². The third-order valence-corrected chi connectivity index (χ3v) is 5.50. The van der Waals surface area contributed by atoms with Crippen molar-refractivity contribution < 1.29 is 4.79 Å². The van der Waals surface area contributed by atoms with Gasteiger partial charge in [-0.2, -0.15) is 0 Å². The number of rotatable bonds is 6. The van der Waals surface area contributed by atoms with Crippen LogP contribution in [-0.4, -0.2) is 47.0 Å². The van der Waals surface area contributed by atoms with E-state index in [0.717, 1.165) is 68.3 Å². The van der Waals surface area contributed by atoms with E-state index in [1.54, 1.807) is 0 Å². The van der Waals surface area contributed by atoms with Gasteiger partial charge >= 0.3 is 0 Å². The largest absolute Gasteiger partial charge is 0.353 e. The van der Waals surface area contributed by atoms with Crippen molar-refractivity contribution in [3.8, 4) is 11.4 Å². The van der Waals surface area contributed by atoms with Gasteiger partial charge < -0.3 is 9.80 Å². The maximum absolute atomic E-state index is 12.3. The third kappa shape index (κ3) is 4.51. The highest BCUT2D eigenvalue weighted by molar-refractivity contribution is 5.76. The number of benzene rings is 1. The molecule has 1 fully saturated rings. The molecule has 1 aliphatic rings. The Morgan fingerprint density at radius 2 is 1.82 bits per heavy atom. The van der Waals surface area contributed by atoms with E-state index in [4.69, 9.17) is 9.97 Å². The fourth-order valence-electron chi connectivity index (χ4n) is 3.82. The van der Waals surface area contributed by atoms with Crippen molar-refractivity contribution in [3.63, 3.8) is 0 Å². The number of piperazine rings is 1. The summed E-state index contributed by atoms with van der Waals surface area (Å²) in [7, 11) is 0. The molecule has 5 nitrogen and oxygen atoms in total. The van der Waals surface area contributed by atoms with Gasteiger partial charge in [0.1, 0.15) is 5.82 Å². The van der Waals surface area contributed by atoms with Crippen molar-refractivity contribution in [2.24, 2.45) is 0 Å². The van der Waals surface area contributed by atoms with Gasteiger partial charge in [-0.1, -0.05) is 44.0 Å². The molecule has 0 bridgehead atoms. The van der Waals surface area contributed by atoms with E-state index in [2.05, 4.69) is 56.9 Å². The van der Waals surface area contributed by atoms with E-state index in [1.165, 1.54) is 11.1 Å². The predicted molar refractivity (Wildman–Crippen MR) is 115 cm³/mol. The van der Waals surface area contributed by atoms with Crippen LogP contribution in [0.25, 0.3) is 11.4 Å². The summed E-state index contributed by atoms with van der Waals surface area (Å²) < 4.78 is 0.